The second-order valence-corrected chi connectivity index (χ2v) is 4.74. The van der Waals surface area contributed by atoms with Crippen LogP contribution in [0.4, 0.5) is 11.4 Å². The van der Waals surface area contributed by atoms with Crippen molar-refractivity contribution in [2.24, 2.45) is 0 Å². The molecule has 1 aromatic carbocycles. The molecule has 0 bridgehead atoms. The third-order valence-corrected chi connectivity index (χ3v) is 2.59. The highest BCUT2D eigenvalue weighted by Gasteiger charge is 2.14. The van der Waals surface area contributed by atoms with Crippen molar-refractivity contribution in [2.75, 3.05) is 30.8 Å². The van der Waals surface area contributed by atoms with Crippen molar-refractivity contribution >= 4 is 17.3 Å². The fourth-order valence-electron chi connectivity index (χ4n) is 1.70. The summed E-state index contributed by atoms with van der Waals surface area (Å²) in [6.07, 6.45) is 0.714. The van der Waals surface area contributed by atoms with Crippen LogP contribution in [0.25, 0.3) is 0 Å². The van der Waals surface area contributed by atoms with E-state index in [0.717, 1.165) is 18.7 Å². The SMILES string of the molecule is CCOCCCNc1ccc(N)cc1C(=O)OC(C)C. The van der Waals surface area contributed by atoms with E-state index in [9.17, 15) is 4.79 Å². The monoisotopic (exact) mass is 280 g/mol. The lowest BCUT2D eigenvalue weighted by molar-refractivity contribution is 0.0379. The van der Waals surface area contributed by atoms with E-state index < -0.39 is 0 Å². The van der Waals surface area contributed by atoms with E-state index in [1.165, 1.54) is 0 Å². The Morgan fingerprint density at radius 2 is 2.15 bits per heavy atom. The van der Waals surface area contributed by atoms with Gasteiger partial charge in [0.25, 0.3) is 0 Å². The zero-order valence-corrected chi connectivity index (χ0v) is 12.4. The first-order chi connectivity index (χ1) is 9.54. The van der Waals surface area contributed by atoms with Gasteiger partial charge in [-0.3, -0.25) is 0 Å². The van der Waals surface area contributed by atoms with Gasteiger partial charge >= 0.3 is 5.97 Å². The van der Waals surface area contributed by atoms with Gasteiger partial charge in [-0.1, -0.05) is 0 Å². The van der Waals surface area contributed by atoms with Crippen molar-refractivity contribution in [3.05, 3.63) is 23.8 Å². The van der Waals surface area contributed by atoms with E-state index in [0.29, 0.717) is 24.5 Å². The second kappa shape index (κ2) is 8.43. The predicted octanol–water partition coefficient (Wildman–Crippen LogP) is 2.67. The first kappa shape index (κ1) is 16.3. The Labute approximate surface area is 120 Å². The van der Waals surface area contributed by atoms with Crippen molar-refractivity contribution in [2.45, 2.75) is 33.3 Å². The fourth-order valence-corrected chi connectivity index (χ4v) is 1.70. The number of nitrogens with two attached hydrogens (primary N) is 1. The predicted molar refractivity (Wildman–Crippen MR) is 81.0 cm³/mol. The minimum absolute atomic E-state index is 0.158. The van der Waals surface area contributed by atoms with Gasteiger partial charge in [-0.15, -0.1) is 0 Å². The van der Waals surface area contributed by atoms with Crippen LogP contribution in [-0.4, -0.2) is 31.8 Å². The molecule has 5 nitrogen and oxygen atoms in total. The number of esters is 1. The van der Waals surface area contributed by atoms with Crippen LogP contribution in [-0.2, 0) is 9.47 Å². The maximum Gasteiger partial charge on any atom is 0.340 e. The number of carbonyl (C=O) groups excluding carboxylic acids is 1. The number of nitrogens with one attached hydrogen (secondary N) is 1. The molecule has 0 radical (unpaired) electrons. The molecule has 20 heavy (non-hydrogen) atoms. The lowest BCUT2D eigenvalue weighted by atomic mass is 10.1. The Morgan fingerprint density at radius 3 is 2.80 bits per heavy atom. The van der Waals surface area contributed by atoms with Gasteiger partial charge in [0.05, 0.1) is 11.7 Å². The van der Waals surface area contributed by atoms with Crippen LogP contribution < -0.4 is 11.1 Å². The molecule has 0 spiro atoms. The summed E-state index contributed by atoms with van der Waals surface area (Å²) in [7, 11) is 0. The van der Waals surface area contributed by atoms with Gasteiger partial charge in [0.2, 0.25) is 0 Å². The molecule has 0 amide bonds. The second-order valence-electron chi connectivity index (χ2n) is 4.74. The average Bonchev–Trinajstić information content (AvgIpc) is 2.39. The number of benzene rings is 1. The smallest absolute Gasteiger partial charge is 0.340 e. The lowest BCUT2D eigenvalue weighted by Gasteiger charge is -2.14. The number of hydrogen-bond donors (Lipinski definition) is 2. The molecular weight excluding hydrogens is 256 g/mol. The van der Waals surface area contributed by atoms with Crippen molar-refractivity contribution in [1.82, 2.24) is 0 Å². The summed E-state index contributed by atoms with van der Waals surface area (Å²) in [6, 6.07) is 5.19. The largest absolute Gasteiger partial charge is 0.459 e. The number of carbonyl (C=O) groups is 1. The lowest BCUT2D eigenvalue weighted by Crippen LogP contribution is -2.15. The summed E-state index contributed by atoms with van der Waals surface area (Å²) < 4.78 is 10.5. The van der Waals surface area contributed by atoms with E-state index in [2.05, 4.69) is 5.32 Å². The molecular formula is C15H24N2O3. The summed E-state index contributed by atoms with van der Waals surface area (Å²) in [5, 5.41) is 3.22. The Hall–Kier alpha value is -1.75. The molecule has 112 valence electrons. The van der Waals surface area contributed by atoms with Crippen LogP contribution in [0.3, 0.4) is 0 Å². The maximum absolute atomic E-state index is 12.0. The number of hydrogen-bond acceptors (Lipinski definition) is 5. The molecule has 0 heterocycles. The van der Waals surface area contributed by atoms with E-state index in [-0.39, 0.29) is 12.1 Å². The van der Waals surface area contributed by atoms with E-state index in [4.69, 9.17) is 15.2 Å². The Balaban J connectivity index is 2.67. The first-order valence-corrected chi connectivity index (χ1v) is 6.96. The highest BCUT2D eigenvalue weighted by Crippen LogP contribution is 2.20. The molecule has 0 fully saturated rings. The molecule has 1 rings (SSSR count). The van der Waals surface area contributed by atoms with Gasteiger partial charge in [0.15, 0.2) is 0 Å². The molecule has 1 aromatic rings. The third-order valence-electron chi connectivity index (χ3n) is 2.59. The van der Waals surface area contributed by atoms with Crippen LogP contribution in [0.15, 0.2) is 18.2 Å². The van der Waals surface area contributed by atoms with Gasteiger partial charge in [-0.05, 0) is 45.4 Å². The molecule has 0 aliphatic carbocycles. The maximum atomic E-state index is 12.0. The van der Waals surface area contributed by atoms with Gasteiger partial charge in [-0.2, -0.15) is 0 Å². The molecule has 0 atom stereocenters. The van der Waals surface area contributed by atoms with Crippen molar-refractivity contribution in [3.8, 4) is 0 Å². The number of nitrogen functional groups attached to an aromatic ring is 1. The van der Waals surface area contributed by atoms with Crippen LogP contribution in [0.2, 0.25) is 0 Å². The summed E-state index contributed by atoms with van der Waals surface area (Å²) in [5.41, 5.74) is 7.48. The normalized spacial score (nSPS) is 10.6. The highest BCUT2D eigenvalue weighted by molar-refractivity contribution is 5.96. The summed E-state index contributed by atoms with van der Waals surface area (Å²) >= 11 is 0. The Morgan fingerprint density at radius 1 is 1.40 bits per heavy atom. The van der Waals surface area contributed by atoms with Crippen LogP contribution in [0.1, 0.15) is 37.6 Å². The van der Waals surface area contributed by atoms with Crippen LogP contribution >= 0.6 is 0 Å². The summed E-state index contributed by atoms with van der Waals surface area (Å²) in [5.74, 6) is -0.361. The Bertz CT molecular complexity index is 433. The van der Waals surface area contributed by atoms with Crippen LogP contribution in [0, 0.1) is 0 Å². The molecule has 0 aromatic heterocycles. The van der Waals surface area contributed by atoms with E-state index >= 15 is 0 Å². The molecule has 0 saturated heterocycles. The first-order valence-electron chi connectivity index (χ1n) is 6.96. The fraction of sp³-hybridized carbons (Fsp3) is 0.533. The topological polar surface area (TPSA) is 73.6 Å². The zero-order chi connectivity index (χ0) is 15.0. The van der Waals surface area contributed by atoms with Gasteiger partial charge in [0, 0.05) is 31.1 Å². The molecule has 0 aliphatic heterocycles. The number of ether oxygens (including phenoxy) is 2. The van der Waals surface area contributed by atoms with Gasteiger partial charge < -0.3 is 20.5 Å². The summed E-state index contributed by atoms with van der Waals surface area (Å²) in [6.45, 7) is 7.75. The van der Waals surface area contributed by atoms with Crippen LogP contribution in [0.5, 0.6) is 0 Å². The molecule has 5 heteroatoms. The van der Waals surface area contributed by atoms with Crippen molar-refractivity contribution in [3.63, 3.8) is 0 Å². The quantitative estimate of drug-likeness (QED) is 0.435. The average molecular weight is 280 g/mol. The van der Waals surface area contributed by atoms with E-state index in [1.54, 1.807) is 18.2 Å². The van der Waals surface area contributed by atoms with Crippen molar-refractivity contribution < 1.29 is 14.3 Å². The van der Waals surface area contributed by atoms with Gasteiger partial charge in [-0.25, -0.2) is 4.79 Å². The molecule has 0 unspecified atom stereocenters. The molecule has 0 saturated carbocycles. The third kappa shape index (κ3) is 5.48. The summed E-state index contributed by atoms with van der Waals surface area (Å²) in [4.78, 5) is 12.0. The minimum atomic E-state index is -0.361. The molecule has 0 aliphatic rings. The minimum Gasteiger partial charge on any atom is -0.459 e. The van der Waals surface area contributed by atoms with E-state index in [1.807, 2.05) is 20.8 Å². The van der Waals surface area contributed by atoms with Crippen molar-refractivity contribution in [1.29, 1.82) is 0 Å². The number of rotatable bonds is 8. The standard InChI is InChI=1S/C15H24N2O3/c1-4-19-9-5-8-17-14-7-6-12(16)10-13(14)15(18)20-11(2)3/h6-7,10-11,17H,4-5,8-9,16H2,1-3H3. The highest BCUT2D eigenvalue weighted by atomic mass is 16.5. The number of anilines is 2. The van der Waals surface area contributed by atoms with Gasteiger partial charge in [0.1, 0.15) is 0 Å². The molecule has 3 N–H and O–H groups in total. The zero-order valence-electron chi connectivity index (χ0n) is 12.4. The Kier molecular flexibility index (Phi) is 6.87.